The lowest BCUT2D eigenvalue weighted by atomic mass is 10.2. The Bertz CT molecular complexity index is 677. The minimum absolute atomic E-state index is 0.0772. The van der Waals surface area contributed by atoms with Crippen molar-refractivity contribution in [2.45, 2.75) is 57.2 Å². The maximum Gasteiger partial charge on any atom is 0.277 e. The van der Waals surface area contributed by atoms with Gasteiger partial charge in [0.15, 0.2) is 0 Å². The van der Waals surface area contributed by atoms with Crippen molar-refractivity contribution in [1.82, 2.24) is 15.1 Å². The van der Waals surface area contributed by atoms with Crippen LogP contribution >= 0.6 is 27.7 Å². The van der Waals surface area contributed by atoms with Gasteiger partial charge < -0.3 is 9.32 Å². The SMILES string of the molecule is CC(Sc1nnc(-c2ccc(Br)cc2)o1)C(=O)N(C(C)C)C(C)C. The number of halogens is 1. The zero-order valence-corrected chi connectivity index (χ0v) is 16.9. The fourth-order valence-corrected chi connectivity index (χ4v) is 3.49. The van der Waals surface area contributed by atoms with E-state index in [4.69, 9.17) is 4.42 Å². The Kier molecular flexibility index (Phi) is 6.46. The van der Waals surface area contributed by atoms with Gasteiger partial charge in [0, 0.05) is 22.1 Å². The highest BCUT2D eigenvalue weighted by Crippen LogP contribution is 2.28. The van der Waals surface area contributed by atoms with Gasteiger partial charge in [0.25, 0.3) is 5.22 Å². The number of nitrogens with zero attached hydrogens (tertiary/aromatic N) is 3. The number of carbonyl (C=O) groups excluding carboxylic acids is 1. The molecule has 1 unspecified atom stereocenters. The molecule has 1 aromatic heterocycles. The van der Waals surface area contributed by atoms with E-state index in [0.717, 1.165) is 10.0 Å². The van der Waals surface area contributed by atoms with E-state index in [1.165, 1.54) is 11.8 Å². The second kappa shape index (κ2) is 8.16. The first-order valence-corrected chi connectivity index (χ1v) is 9.55. The van der Waals surface area contributed by atoms with E-state index in [2.05, 4.69) is 26.1 Å². The van der Waals surface area contributed by atoms with E-state index >= 15 is 0 Å². The number of benzene rings is 1. The van der Waals surface area contributed by atoms with Crippen LogP contribution in [0.3, 0.4) is 0 Å². The Balaban J connectivity index is 2.08. The van der Waals surface area contributed by atoms with Gasteiger partial charge in [-0.15, -0.1) is 10.2 Å². The van der Waals surface area contributed by atoms with Gasteiger partial charge >= 0.3 is 0 Å². The van der Waals surface area contributed by atoms with Crippen LogP contribution in [0.25, 0.3) is 11.5 Å². The Labute approximate surface area is 155 Å². The topological polar surface area (TPSA) is 59.2 Å². The monoisotopic (exact) mass is 411 g/mol. The summed E-state index contributed by atoms with van der Waals surface area (Å²) < 4.78 is 6.67. The Morgan fingerprint density at radius 3 is 2.21 bits per heavy atom. The molecule has 0 radical (unpaired) electrons. The van der Waals surface area contributed by atoms with Gasteiger partial charge in [0.05, 0.1) is 5.25 Å². The molecule has 1 heterocycles. The van der Waals surface area contributed by atoms with Gasteiger partial charge in [-0.1, -0.05) is 27.7 Å². The maximum atomic E-state index is 12.7. The Morgan fingerprint density at radius 1 is 1.08 bits per heavy atom. The molecule has 2 rings (SSSR count). The first kappa shape index (κ1) is 19.0. The van der Waals surface area contributed by atoms with Crippen molar-refractivity contribution in [3.05, 3.63) is 28.7 Å². The summed E-state index contributed by atoms with van der Waals surface area (Å²) in [5, 5.41) is 8.24. The molecule has 0 spiro atoms. The molecule has 1 aromatic carbocycles. The van der Waals surface area contributed by atoms with E-state index in [1.54, 1.807) is 0 Å². The van der Waals surface area contributed by atoms with E-state index in [-0.39, 0.29) is 23.2 Å². The summed E-state index contributed by atoms with van der Waals surface area (Å²) in [5.74, 6) is 0.530. The van der Waals surface area contributed by atoms with Gasteiger partial charge in [0.2, 0.25) is 11.8 Å². The fourth-order valence-electron chi connectivity index (χ4n) is 2.48. The molecule has 1 atom stereocenters. The largest absolute Gasteiger partial charge is 0.411 e. The molecule has 0 saturated heterocycles. The van der Waals surface area contributed by atoms with Crippen LogP contribution in [0.5, 0.6) is 0 Å². The first-order valence-electron chi connectivity index (χ1n) is 7.88. The van der Waals surface area contributed by atoms with Crippen LogP contribution in [0, 0.1) is 0 Å². The summed E-state index contributed by atoms with van der Waals surface area (Å²) in [5.41, 5.74) is 0.850. The van der Waals surface area contributed by atoms with Gasteiger partial charge in [-0.25, -0.2) is 0 Å². The second-order valence-electron chi connectivity index (χ2n) is 6.07. The molecular weight excluding hydrogens is 390 g/mol. The average molecular weight is 412 g/mol. The Hall–Kier alpha value is -1.34. The number of rotatable bonds is 6. The Morgan fingerprint density at radius 2 is 1.67 bits per heavy atom. The fraction of sp³-hybridized carbons (Fsp3) is 0.471. The molecule has 1 amide bonds. The molecule has 5 nitrogen and oxygen atoms in total. The normalized spacial score (nSPS) is 12.7. The minimum Gasteiger partial charge on any atom is -0.411 e. The standard InChI is InChI=1S/C17H22BrN3O2S/c1-10(2)21(11(3)4)16(22)12(5)24-17-20-19-15(23-17)13-6-8-14(18)9-7-13/h6-12H,1-5H3. The van der Waals surface area contributed by atoms with E-state index in [1.807, 2.05) is 63.8 Å². The summed E-state index contributed by atoms with van der Waals surface area (Å²) >= 11 is 4.69. The molecular formula is C17H22BrN3O2S. The third-order valence-electron chi connectivity index (χ3n) is 3.49. The highest BCUT2D eigenvalue weighted by Gasteiger charge is 2.27. The molecule has 130 valence electrons. The molecule has 0 fully saturated rings. The number of hydrogen-bond donors (Lipinski definition) is 0. The zero-order valence-electron chi connectivity index (χ0n) is 14.5. The number of aromatic nitrogens is 2. The van der Waals surface area contributed by atoms with Crippen molar-refractivity contribution in [2.75, 3.05) is 0 Å². The predicted molar refractivity (Wildman–Crippen MR) is 99.9 cm³/mol. The minimum atomic E-state index is -0.284. The van der Waals surface area contributed by atoms with E-state index in [0.29, 0.717) is 11.1 Å². The molecule has 0 bridgehead atoms. The van der Waals surface area contributed by atoms with Crippen molar-refractivity contribution >= 4 is 33.6 Å². The van der Waals surface area contributed by atoms with Crippen molar-refractivity contribution in [2.24, 2.45) is 0 Å². The van der Waals surface area contributed by atoms with Crippen LogP contribution in [0.4, 0.5) is 0 Å². The van der Waals surface area contributed by atoms with Crippen molar-refractivity contribution in [3.63, 3.8) is 0 Å². The highest BCUT2D eigenvalue weighted by molar-refractivity contribution is 9.10. The molecule has 0 aliphatic heterocycles. The zero-order chi connectivity index (χ0) is 17.9. The summed E-state index contributed by atoms with van der Waals surface area (Å²) in [4.78, 5) is 14.5. The van der Waals surface area contributed by atoms with Gasteiger partial charge in [-0.3, -0.25) is 4.79 Å². The third-order valence-corrected chi connectivity index (χ3v) is 4.94. The predicted octanol–water partition coefficient (Wildman–Crippen LogP) is 4.63. The lowest BCUT2D eigenvalue weighted by Gasteiger charge is -2.32. The van der Waals surface area contributed by atoms with Crippen LogP contribution in [-0.4, -0.2) is 38.3 Å². The second-order valence-corrected chi connectivity index (χ2v) is 8.28. The molecule has 24 heavy (non-hydrogen) atoms. The van der Waals surface area contributed by atoms with Gasteiger partial charge in [-0.05, 0) is 58.9 Å². The third kappa shape index (κ3) is 4.60. The van der Waals surface area contributed by atoms with Crippen LogP contribution in [-0.2, 0) is 4.79 Å². The number of thioether (sulfide) groups is 1. The summed E-state index contributed by atoms with van der Waals surface area (Å²) in [6.45, 7) is 9.96. The molecule has 7 heteroatoms. The van der Waals surface area contributed by atoms with Crippen molar-refractivity contribution in [3.8, 4) is 11.5 Å². The van der Waals surface area contributed by atoms with Crippen LogP contribution in [0.2, 0.25) is 0 Å². The number of amides is 1. The van der Waals surface area contributed by atoms with Crippen LogP contribution in [0.15, 0.2) is 38.4 Å². The maximum absolute atomic E-state index is 12.7. The number of carbonyl (C=O) groups is 1. The molecule has 0 aliphatic carbocycles. The highest BCUT2D eigenvalue weighted by atomic mass is 79.9. The van der Waals surface area contributed by atoms with Crippen LogP contribution in [0.1, 0.15) is 34.6 Å². The summed E-state index contributed by atoms with van der Waals surface area (Å²) in [6.07, 6.45) is 0. The van der Waals surface area contributed by atoms with Crippen molar-refractivity contribution in [1.29, 1.82) is 0 Å². The van der Waals surface area contributed by atoms with E-state index in [9.17, 15) is 4.79 Å². The summed E-state index contributed by atoms with van der Waals surface area (Å²) in [7, 11) is 0. The van der Waals surface area contributed by atoms with Crippen molar-refractivity contribution < 1.29 is 9.21 Å². The molecule has 0 aliphatic rings. The van der Waals surface area contributed by atoms with Gasteiger partial charge in [-0.2, -0.15) is 0 Å². The molecule has 0 saturated carbocycles. The number of hydrogen-bond acceptors (Lipinski definition) is 5. The average Bonchev–Trinajstić information content (AvgIpc) is 2.95. The molecule has 0 N–H and O–H groups in total. The first-order chi connectivity index (χ1) is 11.3. The van der Waals surface area contributed by atoms with Crippen LogP contribution < -0.4 is 0 Å². The lowest BCUT2D eigenvalue weighted by Crippen LogP contribution is -2.45. The van der Waals surface area contributed by atoms with Gasteiger partial charge in [0.1, 0.15) is 0 Å². The lowest BCUT2D eigenvalue weighted by molar-refractivity contribution is -0.133. The smallest absolute Gasteiger partial charge is 0.277 e. The quantitative estimate of drug-likeness (QED) is 0.648. The van der Waals surface area contributed by atoms with E-state index < -0.39 is 0 Å². The molecule has 2 aromatic rings. The summed E-state index contributed by atoms with van der Waals surface area (Å²) in [6, 6.07) is 7.95.